The van der Waals surface area contributed by atoms with Gasteiger partial charge in [-0.2, -0.15) is 0 Å². The van der Waals surface area contributed by atoms with Crippen molar-refractivity contribution in [2.75, 3.05) is 6.61 Å². The normalized spacial score (nSPS) is 15.1. The lowest BCUT2D eigenvalue weighted by molar-refractivity contribution is -0.120. The molecule has 0 radical (unpaired) electrons. The molecule has 0 aromatic carbocycles. The summed E-state index contributed by atoms with van der Waals surface area (Å²) in [5, 5.41) is 3.05. The largest absolute Gasteiger partial charge is 0.415 e. The van der Waals surface area contributed by atoms with Gasteiger partial charge < -0.3 is 14.2 Å². The van der Waals surface area contributed by atoms with Crippen LogP contribution in [-0.4, -0.2) is 41.3 Å². The molecule has 1 amide bonds. The van der Waals surface area contributed by atoms with E-state index in [1.807, 2.05) is 0 Å². The van der Waals surface area contributed by atoms with Gasteiger partial charge in [-0.15, -0.1) is 0 Å². The maximum atomic E-state index is 11.8. The first-order valence-corrected chi connectivity index (χ1v) is 19.3. The summed E-state index contributed by atoms with van der Waals surface area (Å²) in [4.78, 5) is 11.8. The number of hydrogen-bond donors (Lipinski definition) is 1. The molecule has 2 atom stereocenters. The van der Waals surface area contributed by atoms with Crippen LogP contribution in [0.3, 0.4) is 0 Å². The molecule has 0 aliphatic carbocycles. The van der Waals surface area contributed by atoms with E-state index in [-0.39, 0.29) is 18.1 Å². The van der Waals surface area contributed by atoms with Gasteiger partial charge in [-0.25, -0.2) is 0 Å². The van der Waals surface area contributed by atoms with E-state index in [1.165, 1.54) is 38.5 Å². The zero-order chi connectivity index (χ0) is 24.5. The van der Waals surface area contributed by atoms with Crippen LogP contribution < -0.4 is 5.32 Å². The summed E-state index contributed by atoms with van der Waals surface area (Å²) in [6.45, 7) is 17.3. The average Bonchev–Trinajstić information content (AvgIpc) is 2.66. The lowest BCUT2D eigenvalue weighted by Crippen LogP contribution is -2.50. The standard InChI is InChI=1S/C26H51NO3Si2/c1-9-10-11-12-13-14-15-16-17-18-19-20-21-22-26(30-32(6,7)8)25(27-24(2)28)23-29-31(3,4)5/h15-18,21-22,25-26H,9-14,19-20,23H2,1-8H3,(H,27,28)/b16-15+,18-17+,22-21+/t25-,26+/m0/s1. The maximum absolute atomic E-state index is 11.8. The van der Waals surface area contributed by atoms with Crippen LogP contribution in [0.25, 0.3) is 0 Å². The molecule has 0 aromatic rings. The highest BCUT2D eigenvalue weighted by Gasteiger charge is 2.28. The third-order valence-electron chi connectivity index (χ3n) is 4.65. The highest BCUT2D eigenvalue weighted by Crippen LogP contribution is 2.15. The molecule has 0 fully saturated rings. The second-order valence-corrected chi connectivity index (χ2v) is 19.5. The second kappa shape index (κ2) is 17.5. The Bertz CT molecular complexity index is 575. The molecule has 32 heavy (non-hydrogen) atoms. The quantitative estimate of drug-likeness (QED) is 0.0961. The van der Waals surface area contributed by atoms with Crippen molar-refractivity contribution in [2.24, 2.45) is 0 Å². The van der Waals surface area contributed by atoms with Gasteiger partial charge in [0, 0.05) is 6.92 Å². The topological polar surface area (TPSA) is 47.6 Å². The maximum Gasteiger partial charge on any atom is 0.217 e. The van der Waals surface area contributed by atoms with E-state index in [0.717, 1.165) is 12.8 Å². The molecule has 0 aliphatic heterocycles. The Balaban J connectivity index is 4.67. The van der Waals surface area contributed by atoms with Crippen LogP contribution in [0.15, 0.2) is 36.5 Å². The minimum atomic E-state index is -1.78. The first-order valence-electron chi connectivity index (χ1n) is 12.5. The molecule has 0 aromatic heterocycles. The first-order chi connectivity index (χ1) is 14.9. The first kappa shape index (κ1) is 31.0. The van der Waals surface area contributed by atoms with Gasteiger partial charge in [-0.1, -0.05) is 69.1 Å². The summed E-state index contributed by atoms with van der Waals surface area (Å²) >= 11 is 0. The smallest absolute Gasteiger partial charge is 0.217 e. The Kier molecular flexibility index (Phi) is 17.0. The molecule has 0 heterocycles. The molecule has 0 saturated carbocycles. The van der Waals surface area contributed by atoms with Gasteiger partial charge in [0.1, 0.15) is 0 Å². The van der Waals surface area contributed by atoms with Crippen LogP contribution in [0.4, 0.5) is 0 Å². The zero-order valence-electron chi connectivity index (χ0n) is 22.2. The van der Waals surface area contributed by atoms with Crippen molar-refractivity contribution < 1.29 is 13.6 Å². The molecular weight excluding hydrogens is 430 g/mol. The van der Waals surface area contributed by atoms with Gasteiger partial charge in [-0.05, 0) is 65.0 Å². The Labute approximate surface area is 201 Å². The Hall–Kier alpha value is -0.956. The van der Waals surface area contributed by atoms with E-state index in [4.69, 9.17) is 8.85 Å². The molecule has 186 valence electrons. The van der Waals surface area contributed by atoms with Gasteiger partial charge in [0.15, 0.2) is 16.6 Å². The van der Waals surface area contributed by atoms with Gasteiger partial charge in [0.25, 0.3) is 0 Å². The van der Waals surface area contributed by atoms with Crippen molar-refractivity contribution in [2.45, 2.75) is 117 Å². The van der Waals surface area contributed by atoms with Gasteiger partial charge >= 0.3 is 0 Å². The molecule has 0 spiro atoms. The minimum Gasteiger partial charge on any atom is -0.415 e. The highest BCUT2D eigenvalue weighted by atomic mass is 28.4. The highest BCUT2D eigenvalue weighted by molar-refractivity contribution is 6.70. The van der Waals surface area contributed by atoms with Crippen LogP contribution in [-0.2, 0) is 13.6 Å². The van der Waals surface area contributed by atoms with Crippen molar-refractivity contribution in [3.8, 4) is 0 Å². The Morgan fingerprint density at radius 2 is 1.44 bits per heavy atom. The fourth-order valence-corrected chi connectivity index (χ4v) is 4.86. The molecule has 4 nitrogen and oxygen atoms in total. The summed E-state index contributed by atoms with van der Waals surface area (Å²) < 4.78 is 12.5. The molecule has 0 bridgehead atoms. The van der Waals surface area contributed by atoms with Gasteiger partial charge in [0.2, 0.25) is 5.91 Å². The fourth-order valence-electron chi connectivity index (χ4n) is 3.12. The number of nitrogens with one attached hydrogen (secondary N) is 1. The van der Waals surface area contributed by atoms with Crippen LogP contribution >= 0.6 is 0 Å². The van der Waals surface area contributed by atoms with Gasteiger partial charge in [0.05, 0.1) is 18.8 Å². The average molecular weight is 482 g/mol. The number of allylic oxidation sites excluding steroid dienone is 5. The van der Waals surface area contributed by atoms with Crippen LogP contribution in [0.2, 0.25) is 39.3 Å². The number of rotatable bonds is 18. The van der Waals surface area contributed by atoms with Crippen molar-refractivity contribution in [1.29, 1.82) is 0 Å². The molecule has 0 aliphatic rings. The molecule has 6 heteroatoms. The van der Waals surface area contributed by atoms with E-state index in [9.17, 15) is 4.79 Å². The number of carbonyl (C=O) groups excluding carboxylic acids is 1. The summed E-state index contributed by atoms with van der Waals surface area (Å²) in [6.07, 6.45) is 22.7. The van der Waals surface area contributed by atoms with Crippen molar-refractivity contribution in [3.05, 3.63) is 36.5 Å². The summed E-state index contributed by atoms with van der Waals surface area (Å²) in [6, 6.07) is -0.169. The molecule has 0 saturated heterocycles. The number of hydrogen-bond acceptors (Lipinski definition) is 3. The second-order valence-electron chi connectivity index (χ2n) is 10.5. The zero-order valence-corrected chi connectivity index (χ0v) is 24.2. The monoisotopic (exact) mass is 481 g/mol. The van der Waals surface area contributed by atoms with Gasteiger partial charge in [-0.3, -0.25) is 4.79 Å². The van der Waals surface area contributed by atoms with E-state index in [0.29, 0.717) is 6.61 Å². The third-order valence-corrected chi connectivity index (χ3v) is 6.67. The molecule has 1 N–H and O–H groups in total. The Morgan fingerprint density at radius 3 is 2.00 bits per heavy atom. The van der Waals surface area contributed by atoms with Crippen molar-refractivity contribution >= 4 is 22.5 Å². The van der Waals surface area contributed by atoms with Crippen LogP contribution in [0.5, 0.6) is 0 Å². The molecule has 0 unspecified atom stereocenters. The summed E-state index contributed by atoms with van der Waals surface area (Å²) in [7, 11) is -3.47. The van der Waals surface area contributed by atoms with E-state index >= 15 is 0 Å². The number of unbranched alkanes of at least 4 members (excludes halogenated alkanes) is 6. The number of carbonyl (C=O) groups is 1. The molecule has 0 rings (SSSR count). The summed E-state index contributed by atoms with van der Waals surface area (Å²) in [5.74, 6) is -0.0492. The van der Waals surface area contributed by atoms with Crippen LogP contribution in [0.1, 0.15) is 65.2 Å². The fraction of sp³-hybridized carbons (Fsp3) is 0.731. The Morgan fingerprint density at radius 1 is 0.844 bits per heavy atom. The minimum absolute atomic E-state index is 0.0492. The van der Waals surface area contributed by atoms with Crippen molar-refractivity contribution in [3.63, 3.8) is 0 Å². The van der Waals surface area contributed by atoms with E-state index in [1.54, 1.807) is 6.92 Å². The number of amides is 1. The summed E-state index contributed by atoms with van der Waals surface area (Å²) in [5.41, 5.74) is 0. The van der Waals surface area contributed by atoms with Crippen molar-refractivity contribution in [1.82, 2.24) is 5.32 Å². The predicted octanol–water partition coefficient (Wildman–Crippen LogP) is 7.37. The lowest BCUT2D eigenvalue weighted by atomic mass is 10.1. The van der Waals surface area contributed by atoms with E-state index < -0.39 is 16.6 Å². The van der Waals surface area contributed by atoms with Crippen LogP contribution in [0, 0.1) is 0 Å². The molecular formula is C26H51NO3Si2. The third kappa shape index (κ3) is 20.9. The SMILES string of the molecule is CCCCCCC/C=C/C=C/CC/C=C/[C@@H](O[Si](C)(C)C)[C@H](CO[Si](C)(C)C)NC(C)=O. The lowest BCUT2D eigenvalue weighted by Gasteiger charge is -2.32. The van der Waals surface area contributed by atoms with E-state index in [2.05, 4.69) is 88.0 Å². The predicted molar refractivity (Wildman–Crippen MR) is 145 cm³/mol.